The molecule has 2 aromatic rings. The Hall–Kier alpha value is -3.07. The first-order valence-corrected chi connectivity index (χ1v) is 8.32. The van der Waals surface area contributed by atoms with E-state index in [0.717, 1.165) is 36.4 Å². The Morgan fingerprint density at radius 1 is 1.32 bits per heavy atom. The predicted molar refractivity (Wildman–Crippen MR) is 94.7 cm³/mol. The smallest absolute Gasteiger partial charge is 0.270 e. The van der Waals surface area contributed by atoms with Crippen LogP contribution in [0.3, 0.4) is 0 Å². The lowest BCUT2D eigenvalue weighted by atomic mass is 10.0. The largest absolute Gasteiger partial charge is 0.494 e. The third-order valence-electron chi connectivity index (χ3n) is 4.45. The lowest BCUT2D eigenvalue weighted by Gasteiger charge is -2.28. The van der Waals surface area contributed by atoms with Crippen LogP contribution in [-0.4, -0.2) is 18.1 Å². The summed E-state index contributed by atoms with van der Waals surface area (Å²) in [6.45, 7) is 3.40. The fourth-order valence-corrected chi connectivity index (χ4v) is 3.33. The van der Waals surface area contributed by atoms with Crippen LogP contribution in [0.25, 0.3) is 0 Å². The molecule has 0 radical (unpaired) electrons. The minimum atomic E-state index is -0.474. The van der Waals surface area contributed by atoms with Gasteiger partial charge in [-0.1, -0.05) is 12.1 Å². The Morgan fingerprint density at radius 2 is 2.08 bits per heavy atom. The lowest BCUT2D eigenvalue weighted by molar-refractivity contribution is -0.384. The lowest BCUT2D eigenvalue weighted by Crippen LogP contribution is -2.23. The Morgan fingerprint density at radius 3 is 2.72 bits per heavy atom. The van der Waals surface area contributed by atoms with Crippen molar-refractivity contribution < 1.29 is 9.66 Å². The summed E-state index contributed by atoms with van der Waals surface area (Å²) < 4.78 is 5.49. The van der Waals surface area contributed by atoms with Crippen molar-refractivity contribution >= 4 is 11.4 Å². The Labute approximate surface area is 146 Å². The fourth-order valence-electron chi connectivity index (χ4n) is 3.33. The quantitative estimate of drug-likeness (QED) is 0.603. The molecule has 3 rings (SSSR count). The highest BCUT2D eigenvalue weighted by Crippen LogP contribution is 2.38. The van der Waals surface area contributed by atoms with Crippen LogP contribution in [0, 0.1) is 21.4 Å². The third kappa shape index (κ3) is 3.41. The zero-order chi connectivity index (χ0) is 17.8. The maximum absolute atomic E-state index is 10.9. The molecule has 0 bridgehead atoms. The molecule has 0 saturated carbocycles. The molecule has 6 heteroatoms. The van der Waals surface area contributed by atoms with Gasteiger partial charge < -0.3 is 9.64 Å². The molecule has 1 fully saturated rings. The number of ether oxygens (including phenoxy) is 1. The highest BCUT2D eigenvalue weighted by molar-refractivity contribution is 5.64. The molecule has 2 aromatic carbocycles. The molecule has 1 aliphatic rings. The Balaban J connectivity index is 1.91. The van der Waals surface area contributed by atoms with Gasteiger partial charge in [-0.2, -0.15) is 5.26 Å². The van der Waals surface area contributed by atoms with Crippen LogP contribution in [0.2, 0.25) is 0 Å². The highest BCUT2D eigenvalue weighted by atomic mass is 16.6. The van der Waals surface area contributed by atoms with E-state index in [-0.39, 0.29) is 11.7 Å². The van der Waals surface area contributed by atoms with Gasteiger partial charge in [-0.05, 0) is 43.5 Å². The topological polar surface area (TPSA) is 79.4 Å². The van der Waals surface area contributed by atoms with Crippen molar-refractivity contribution in [3.63, 3.8) is 0 Å². The van der Waals surface area contributed by atoms with Gasteiger partial charge in [0, 0.05) is 18.7 Å². The number of rotatable bonds is 5. The van der Waals surface area contributed by atoms with E-state index in [2.05, 4.69) is 11.0 Å². The second kappa shape index (κ2) is 7.22. The average Bonchev–Trinajstić information content (AvgIpc) is 3.11. The summed E-state index contributed by atoms with van der Waals surface area (Å²) in [6, 6.07) is 14.8. The number of nitriles is 1. The van der Waals surface area contributed by atoms with E-state index in [9.17, 15) is 15.4 Å². The molecule has 0 spiro atoms. The summed E-state index contributed by atoms with van der Waals surface area (Å²) in [7, 11) is 0. The molecule has 0 amide bonds. The normalized spacial score (nSPS) is 16.5. The molecule has 0 unspecified atom stereocenters. The van der Waals surface area contributed by atoms with Crippen molar-refractivity contribution in [3.05, 3.63) is 63.7 Å². The molecule has 6 nitrogen and oxygen atoms in total. The minimum Gasteiger partial charge on any atom is -0.494 e. The number of anilines is 1. The second-order valence-electron chi connectivity index (χ2n) is 5.92. The van der Waals surface area contributed by atoms with E-state index in [1.54, 1.807) is 6.07 Å². The zero-order valence-electron chi connectivity index (χ0n) is 14.0. The first-order chi connectivity index (χ1) is 12.1. The standard InChI is InChI=1S/C19H19N3O3/c1-2-25-17-8-5-14(6-9-17)18-4-3-11-21(18)19-10-7-16(22(23)24)12-15(19)13-20/h5-10,12,18H,2-4,11H2,1H3/t18-/m1/s1. The minimum absolute atomic E-state index is 0.0582. The number of nitrogens with zero attached hydrogens (tertiary/aromatic N) is 3. The Bertz CT molecular complexity index is 812. The van der Waals surface area contributed by atoms with Gasteiger partial charge in [0.15, 0.2) is 0 Å². The number of benzene rings is 2. The molecular weight excluding hydrogens is 318 g/mol. The van der Waals surface area contributed by atoms with E-state index in [1.165, 1.54) is 12.1 Å². The first-order valence-electron chi connectivity index (χ1n) is 8.32. The predicted octanol–water partition coefficient (Wildman–Crippen LogP) is 4.21. The summed E-state index contributed by atoms with van der Waals surface area (Å²) >= 11 is 0. The van der Waals surface area contributed by atoms with E-state index in [0.29, 0.717) is 12.2 Å². The van der Waals surface area contributed by atoms with Crippen LogP contribution < -0.4 is 9.64 Å². The summed E-state index contributed by atoms with van der Waals surface area (Å²) in [5, 5.41) is 20.4. The Kier molecular flexibility index (Phi) is 4.85. The van der Waals surface area contributed by atoms with Crippen molar-refractivity contribution in [3.8, 4) is 11.8 Å². The SMILES string of the molecule is CCOc1ccc([C@H]2CCCN2c2ccc([N+](=O)[O-])cc2C#N)cc1. The first kappa shape index (κ1) is 16.8. The zero-order valence-corrected chi connectivity index (χ0v) is 14.0. The van der Waals surface area contributed by atoms with Crippen molar-refractivity contribution in [1.29, 1.82) is 5.26 Å². The van der Waals surface area contributed by atoms with Crippen LogP contribution in [0.5, 0.6) is 5.75 Å². The summed E-state index contributed by atoms with van der Waals surface area (Å²) in [6.07, 6.45) is 2.00. The molecule has 1 atom stereocenters. The maximum atomic E-state index is 10.9. The van der Waals surface area contributed by atoms with Crippen molar-refractivity contribution in [2.75, 3.05) is 18.1 Å². The van der Waals surface area contributed by atoms with Crippen molar-refractivity contribution in [1.82, 2.24) is 0 Å². The van der Waals surface area contributed by atoms with Crippen LogP contribution in [-0.2, 0) is 0 Å². The van der Waals surface area contributed by atoms with Crippen LogP contribution in [0.1, 0.15) is 36.9 Å². The number of nitro groups is 1. The summed E-state index contributed by atoms with van der Waals surface area (Å²) in [5.74, 6) is 0.837. The summed E-state index contributed by atoms with van der Waals surface area (Å²) in [4.78, 5) is 12.6. The molecule has 0 aromatic heterocycles. The third-order valence-corrected chi connectivity index (χ3v) is 4.45. The molecular formula is C19H19N3O3. The second-order valence-corrected chi connectivity index (χ2v) is 5.92. The van der Waals surface area contributed by atoms with Gasteiger partial charge in [-0.25, -0.2) is 0 Å². The summed E-state index contributed by atoms with van der Waals surface area (Å²) in [5.41, 5.74) is 2.19. The van der Waals surface area contributed by atoms with Gasteiger partial charge in [0.05, 0.1) is 28.8 Å². The molecule has 0 aliphatic carbocycles. The van der Waals surface area contributed by atoms with Crippen LogP contribution in [0.4, 0.5) is 11.4 Å². The van der Waals surface area contributed by atoms with Crippen molar-refractivity contribution in [2.24, 2.45) is 0 Å². The number of nitro benzene ring substituents is 1. The van der Waals surface area contributed by atoms with Gasteiger partial charge in [0.25, 0.3) is 5.69 Å². The molecule has 1 saturated heterocycles. The van der Waals surface area contributed by atoms with E-state index < -0.39 is 4.92 Å². The van der Waals surface area contributed by atoms with Crippen LogP contribution >= 0.6 is 0 Å². The maximum Gasteiger partial charge on any atom is 0.270 e. The molecule has 25 heavy (non-hydrogen) atoms. The average molecular weight is 337 g/mol. The van der Waals surface area contributed by atoms with Gasteiger partial charge in [-0.15, -0.1) is 0 Å². The highest BCUT2D eigenvalue weighted by Gasteiger charge is 2.28. The van der Waals surface area contributed by atoms with Gasteiger partial charge in [-0.3, -0.25) is 10.1 Å². The number of hydrogen-bond donors (Lipinski definition) is 0. The fraction of sp³-hybridized carbons (Fsp3) is 0.316. The monoisotopic (exact) mass is 337 g/mol. The number of hydrogen-bond acceptors (Lipinski definition) is 5. The molecule has 1 aliphatic heterocycles. The van der Waals surface area contributed by atoms with Gasteiger partial charge in [0.2, 0.25) is 0 Å². The van der Waals surface area contributed by atoms with Gasteiger partial charge in [0.1, 0.15) is 11.8 Å². The van der Waals surface area contributed by atoms with Gasteiger partial charge >= 0.3 is 0 Å². The van der Waals surface area contributed by atoms with E-state index >= 15 is 0 Å². The van der Waals surface area contributed by atoms with E-state index in [1.807, 2.05) is 31.2 Å². The van der Waals surface area contributed by atoms with E-state index in [4.69, 9.17) is 4.74 Å². The van der Waals surface area contributed by atoms with Crippen molar-refractivity contribution in [2.45, 2.75) is 25.8 Å². The molecule has 0 N–H and O–H groups in total. The number of non-ortho nitro benzene ring substituents is 1. The van der Waals surface area contributed by atoms with Crippen LogP contribution in [0.15, 0.2) is 42.5 Å². The molecule has 128 valence electrons. The molecule has 1 heterocycles.